The molecule has 7 heteroatoms. The number of aliphatic imine (C=N–C) groups is 1. The largest absolute Gasteiger partial charge is 0.370 e. The van der Waals surface area contributed by atoms with Crippen LogP contribution in [0.5, 0.6) is 0 Å². The van der Waals surface area contributed by atoms with Gasteiger partial charge in [-0.05, 0) is 66.9 Å². The molecule has 0 saturated carbocycles. The molecule has 29 heavy (non-hydrogen) atoms. The number of benzene rings is 3. The summed E-state index contributed by atoms with van der Waals surface area (Å²) in [7, 11) is 0. The van der Waals surface area contributed by atoms with E-state index in [1.165, 1.54) is 6.07 Å². The van der Waals surface area contributed by atoms with Crippen LogP contribution in [-0.2, 0) is 6.42 Å². The number of fused-ring (bicyclic) bond motifs is 3. The Morgan fingerprint density at radius 2 is 1.90 bits per heavy atom. The van der Waals surface area contributed by atoms with Gasteiger partial charge in [0.1, 0.15) is 5.82 Å². The second kappa shape index (κ2) is 7.64. The summed E-state index contributed by atoms with van der Waals surface area (Å²) in [4.78, 5) is 7.56. The van der Waals surface area contributed by atoms with Crippen molar-refractivity contribution >= 4 is 50.7 Å². The number of hydrogen-bond acceptors (Lipinski definition) is 2. The normalized spacial score (nSPS) is 11.1. The number of nitrogens with zero attached hydrogens (tertiary/aromatic N) is 1. The van der Waals surface area contributed by atoms with Gasteiger partial charge < -0.3 is 21.8 Å². The van der Waals surface area contributed by atoms with Crippen molar-refractivity contribution in [3.05, 3.63) is 70.5 Å². The monoisotopic (exact) mass is 409 g/mol. The van der Waals surface area contributed by atoms with Crippen molar-refractivity contribution < 1.29 is 4.39 Å². The van der Waals surface area contributed by atoms with Crippen LogP contribution in [0.15, 0.2) is 53.5 Å². The Morgan fingerprint density at radius 3 is 2.66 bits per heavy atom. The first-order valence-corrected chi connectivity index (χ1v) is 9.61. The fourth-order valence-electron chi connectivity index (χ4n) is 3.46. The van der Waals surface area contributed by atoms with Gasteiger partial charge in [-0.15, -0.1) is 0 Å². The Bertz CT molecular complexity index is 1240. The van der Waals surface area contributed by atoms with E-state index in [-0.39, 0.29) is 11.8 Å². The van der Waals surface area contributed by atoms with E-state index in [9.17, 15) is 4.39 Å². The quantitative estimate of drug-likeness (QED) is 0.276. The van der Waals surface area contributed by atoms with Crippen molar-refractivity contribution in [2.45, 2.75) is 13.3 Å². The number of aromatic nitrogens is 1. The number of nitrogens with two attached hydrogens (primary N) is 2. The van der Waals surface area contributed by atoms with E-state index in [1.807, 2.05) is 36.4 Å². The number of H-pyrrole nitrogens is 1. The van der Waals surface area contributed by atoms with Crippen LogP contribution < -0.4 is 16.8 Å². The van der Waals surface area contributed by atoms with Gasteiger partial charge in [0.2, 0.25) is 0 Å². The van der Waals surface area contributed by atoms with Gasteiger partial charge in [-0.2, -0.15) is 0 Å². The first-order valence-electron chi connectivity index (χ1n) is 9.23. The summed E-state index contributed by atoms with van der Waals surface area (Å²) in [5.41, 5.74) is 16.1. The highest BCUT2D eigenvalue weighted by atomic mass is 35.5. The summed E-state index contributed by atoms with van der Waals surface area (Å²) in [6, 6.07) is 14.9. The highest BCUT2D eigenvalue weighted by molar-refractivity contribution is 6.31. The third kappa shape index (κ3) is 3.98. The van der Waals surface area contributed by atoms with Crippen molar-refractivity contribution in [2.24, 2.45) is 16.5 Å². The summed E-state index contributed by atoms with van der Waals surface area (Å²) in [6.07, 6.45) is 0.646. The van der Waals surface area contributed by atoms with Gasteiger partial charge in [0.05, 0.1) is 0 Å². The highest BCUT2D eigenvalue weighted by Gasteiger charge is 2.12. The van der Waals surface area contributed by atoms with E-state index in [2.05, 4.69) is 15.3 Å². The van der Waals surface area contributed by atoms with Crippen LogP contribution in [0.1, 0.15) is 11.1 Å². The minimum atomic E-state index is -0.247. The molecule has 6 N–H and O–H groups in total. The Labute approximate surface area is 172 Å². The molecular weight excluding hydrogens is 389 g/mol. The van der Waals surface area contributed by atoms with E-state index in [0.29, 0.717) is 29.2 Å². The van der Waals surface area contributed by atoms with Crippen molar-refractivity contribution in [1.82, 2.24) is 4.98 Å². The zero-order chi connectivity index (χ0) is 20.5. The van der Waals surface area contributed by atoms with Gasteiger partial charge in [-0.25, -0.2) is 4.39 Å². The molecule has 0 aliphatic rings. The lowest BCUT2D eigenvalue weighted by Crippen LogP contribution is -2.23. The molecule has 1 heterocycles. The van der Waals surface area contributed by atoms with E-state index < -0.39 is 0 Å². The van der Waals surface area contributed by atoms with E-state index in [1.54, 1.807) is 13.0 Å². The summed E-state index contributed by atoms with van der Waals surface area (Å²) >= 11 is 6.22. The topological polar surface area (TPSA) is 92.2 Å². The molecule has 0 radical (unpaired) electrons. The SMILES string of the molecule is Cc1ccc(Nc2cc(CCN=C(N)N)c3[nH]c4ccc(Cl)cc4c3c2)cc1F. The molecule has 0 unspecified atom stereocenters. The van der Waals surface area contributed by atoms with Crippen molar-refractivity contribution in [2.75, 3.05) is 11.9 Å². The molecule has 148 valence electrons. The molecule has 0 atom stereocenters. The van der Waals surface area contributed by atoms with Gasteiger partial charge in [0.25, 0.3) is 0 Å². The maximum absolute atomic E-state index is 14.0. The predicted octanol–water partition coefficient (Wildman–Crippen LogP) is 4.98. The maximum atomic E-state index is 14.0. The number of guanidine groups is 1. The smallest absolute Gasteiger partial charge is 0.185 e. The zero-order valence-corrected chi connectivity index (χ0v) is 16.6. The number of nitrogens with one attached hydrogen (secondary N) is 2. The fraction of sp³-hybridized carbons (Fsp3) is 0.136. The van der Waals surface area contributed by atoms with Gasteiger partial charge in [0.15, 0.2) is 5.96 Å². The molecule has 5 nitrogen and oxygen atoms in total. The van der Waals surface area contributed by atoms with Gasteiger partial charge in [-0.1, -0.05) is 17.7 Å². The molecule has 0 aliphatic heterocycles. The molecule has 0 saturated heterocycles. The molecule has 0 bridgehead atoms. The summed E-state index contributed by atoms with van der Waals surface area (Å²) in [5.74, 6) is -0.183. The van der Waals surface area contributed by atoms with E-state index in [0.717, 1.165) is 33.1 Å². The Kier molecular flexibility index (Phi) is 5.03. The van der Waals surface area contributed by atoms with Gasteiger partial charge in [-0.3, -0.25) is 4.99 Å². The number of hydrogen-bond donors (Lipinski definition) is 4. The highest BCUT2D eigenvalue weighted by Crippen LogP contribution is 2.33. The summed E-state index contributed by atoms with van der Waals surface area (Å²) in [6.45, 7) is 2.21. The second-order valence-corrected chi connectivity index (χ2v) is 7.45. The van der Waals surface area contributed by atoms with Crippen LogP contribution in [0.2, 0.25) is 5.02 Å². The lowest BCUT2D eigenvalue weighted by atomic mass is 10.0. The van der Waals surface area contributed by atoms with Crippen LogP contribution in [-0.4, -0.2) is 17.5 Å². The molecule has 0 spiro atoms. The lowest BCUT2D eigenvalue weighted by Gasteiger charge is -2.11. The average molecular weight is 410 g/mol. The molecule has 4 aromatic rings. The Hall–Kier alpha value is -3.25. The molecular formula is C22H21ClFN5. The van der Waals surface area contributed by atoms with E-state index in [4.69, 9.17) is 23.1 Å². The number of aryl methyl sites for hydroxylation is 1. The Morgan fingerprint density at radius 1 is 1.07 bits per heavy atom. The van der Waals surface area contributed by atoms with Crippen LogP contribution in [0.25, 0.3) is 21.8 Å². The maximum Gasteiger partial charge on any atom is 0.185 e. The molecule has 3 aromatic carbocycles. The summed E-state index contributed by atoms with van der Waals surface area (Å²) < 4.78 is 14.0. The molecule has 0 fully saturated rings. The summed E-state index contributed by atoms with van der Waals surface area (Å²) in [5, 5.41) is 6.02. The molecule has 4 rings (SSSR count). The molecule has 0 aliphatic carbocycles. The number of rotatable bonds is 5. The third-order valence-corrected chi connectivity index (χ3v) is 5.12. The lowest BCUT2D eigenvalue weighted by molar-refractivity contribution is 0.619. The second-order valence-electron chi connectivity index (χ2n) is 7.02. The van der Waals surface area contributed by atoms with Crippen molar-refractivity contribution in [3.8, 4) is 0 Å². The number of aromatic amines is 1. The standard InChI is InChI=1S/C22H21ClFN5/c1-12-2-4-15(11-19(12)24)28-16-8-13(6-7-27-22(25)26)21-18(10-16)17-9-14(23)3-5-20(17)29-21/h2-5,8-11,28-29H,6-7H2,1H3,(H4,25,26,27). The average Bonchev–Trinajstić information content (AvgIpc) is 3.03. The molecule has 0 amide bonds. The Balaban J connectivity index is 1.82. The van der Waals surface area contributed by atoms with Gasteiger partial charge >= 0.3 is 0 Å². The fourth-order valence-corrected chi connectivity index (χ4v) is 3.63. The number of halogens is 2. The first kappa shape index (κ1) is 19.1. The van der Waals surface area contributed by atoms with Gasteiger partial charge in [0, 0.05) is 44.7 Å². The minimum Gasteiger partial charge on any atom is -0.370 e. The molecule has 1 aromatic heterocycles. The van der Waals surface area contributed by atoms with Crippen LogP contribution in [0.4, 0.5) is 15.8 Å². The third-order valence-electron chi connectivity index (χ3n) is 4.89. The van der Waals surface area contributed by atoms with Crippen LogP contribution in [0.3, 0.4) is 0 Å². The van der Waals surface area contributed by atoms with Crippen molar-refractivity contribution in [3.63, 3.8) is 0 Å². The van der Waals surface area contributed by atoms with Crippen LogP contribution >= 0.6 is 11.6 Å². The minimum absolute atomic E-state index is 0.0640. The predicted molar refractivity (Wildman–Crippen MR) is 120 cm³/mol. The van der Waals surface area contributed by atoms with Crippen molar-refractivity contribution in [1.29, 1.82) is 0 Å². The number of anilines is 2. The first-order chi connectivity index (χ1) is 13.9. The van der Waals surface area contributed by atoms with Crippen LogP contribution in [0, 0.1) is 12.7 Å². The van der Waals surface area contributed by atoms with E-state index >= 15 is 0 Å². The zero-order valence-electron chi connectivity index (χ0n) is 15.9.